The van der Waals surface area contributed by atoms with Crippen molar-refractivity contribution in [2.45, 2.75) is 42.9 Å². The zero-order chi connectivity index (χ0) is 18.1. The van der Waals surface area contributed by atoms with Crippen LogP contribution in [0.2, 0.25) is 0 Å². The van der Waals surface area contributed by atoms with Crippen molar-refractivity contribution in [1.29, 1.82) is 0 Å². The lowest BCUT2D eigenvalue weighted by Gasteiger charge is -2.17. The van der Waals surface area contributed by atoms with Crippen molar-refractivity contribution in [2.24, 2.45) is 0 Å². The van der Waals surface area contributed by atoms with Gasteiger partial charge in [-0.3, -0.25) is 9.52 Å². The number of sulfonamides is 1. The molecule has 0 saturated carbocycles. The van der Waals surface area contributed by atoms with Crippen LogP contribution in [0.5, 0.6) is 0 Å². The summed E-state index contributed by atoms with van der Waals surface area (Å²) >= 11 is 0. The van der Waals surface area contributed by atoms with E-state index in [1.165, 1.54) is 17.5 Å². The maximum Gasteiger partial charge on any atom is 0.261 e. The van der Waals surface area contributed by atoms with E-state index < -0.39 is 10.0 Å². The van der Waals surface area contributed by atoms with E-state index in [9.17, 15) is 13.2 Å². The SMILES string of the molecule is O=C1C[C@@H](c2ccc(S(=O)(=O)Nc3ccc4c(c3)CCCC4)cc2)CN1. The molecular formula is C20H22N2O3S. The van der Waals surface area contributed by atoms with E-state index in [-0.39, 0.29) is 16.7 Å². The maximum atomic E-state index is 12.7. The van der Waals surface area contributed by atoms with E-state index in [0.29, 0.717) is 18.7 Å². The monoisotopic (exact) mass is 370 g/mol. The molecule has 5 nitrogen and oxygen atoms in total. The molecule has 1 aliphatic carbocycles. The Morgan fingerprint density at radius 2 is 1.69 bits per heavy atom. The van der Waals surface area contributed by atoms with Gasteiger partial charge in [0.05, 0.1) is 4.90 Å². The maximum absolute atomic E-state index is 12.7. The van der Waals surface area contributed by atoms with Crippen LogP contribution >= 0.6 is 0 Å². The third kappa shape index (κ3) is 3.46. The van der Waals surface area contributed by atoms with Crippen LogP contribution in [0.15, 0.2) is 47.4 Å². The average Bonchev–Trinajstić information content (AvgIpc) is 3.08. The normalized spacial score (nSPS) is 19.7. The molecule has 2 aromatic carbocycles. The van der Waals surface area contributed by atoms with Crippen molar-refractivity contribution in [3.8, 4) is 0 Å². The highest BCUT2D eigenvalue weighted by Crippen LogP contribution is 2.27. The van der Waals surface area contributed by atoms with Crippen LogP contribution in [0.3, 0.4) is 0 Å². The summed E-state index contributed by atoms with van der Waals surface area (Å²) in [5, 5.41) is 2.80. The zero-order valence-electron chi connectivity index (χ0n) is 14.5. The van der Waals surface area contributed by atoms with E-state index in [1.54, 1.807) is 24.3 Å². The second kappa shape index (κ2) is 6.76. The van der Waals surface area contributed by atoms with E-state index in [4.69, 9.17) is 0 Å². The molecule has 1 saturated heterocycles. The first-order valence-electron chi connectivity index (χ1n) is 9.02. The first-order chi connectivity index (χ1) is 12.5. The van der Waals surface area contributed by atoms with Crippen LogP contribution in [0.4, 0.5) is 5.69 Å². The number of nitrogens with one attached hydrogen (secondary N) is 2. The molecule has 1 amide bonds. The Morgan fingerprint density at radius 3 is 2.38 bits per heavy atom. The number of rotatable bonds is 4. The summed E-state index contributed by atoms with van der Waals surface area (Å²) in [4.78, 5) is 11.6. The Bertz CT molecular complexity index is 936. The molecule has 0 spiro atoms. The summed E-state index contributed by atoms with van der Waals surface area (Å²) in [6.45, 7) is 0.609. The fourth-order valence-electron chi connectivity index (χ4n) is 3.77. The van der Waals surface area contributed by atoms with Crippen molar-refractivity contribution in [3.63, 3.8) is 0 Å². The number of hydrogen-bond acceptors (Lipinski definition) is 3. The number of hydrogen-bond donors (Lipinski definition) is 2. The van der Waals surface area contributed by atoms with Crippen LogP contribution in [-0.2, 0) is 27.7 Å². The fraction of sp³-hybridized carbons (Fsp3) is 0.350. The molecule has 0 aromatic heterocycles. The minimum absolute atomic E-state index is 0.0424. The summed E-state index contributed by atoms with van der Waals surface area (Å²) < 4.78 is 28.0. The number of benzene rings is 2. The summed E-state index contributed by atoms with van der Waals surface area (Å²) in [5.74, 6) is 0.161. The number of carbonyl (C=O) groups is 1. The van der Waals surface area contributed by atoms with Gasteiger partial charge in [-0.05, 0) is 66.6 Å². The minimum atomic E-state index is -3.62. The Balaban J connectivity index is 1.52. The van der Waals surface area contributed by atoms with Crippen molar-refractivity contribution < 1.29 is 13.2 Å². The van der Waals surface area contributed by atoms with E-state index in [0.717, 1.165) is 24.8 Å². The first kappa shape index (κ1) is 17.1. The van der Waals surface area contributed by atoms with Gasteiger partial charge in [-0.25, -0.2) is 8.42 Å². The van der Waals surface area contributed by atoms with Crippen LogP contribution in [-0.4, -0.2) is 20.9 Å². The molecule has 1 aliphatic heterocycles. The highest BCUT2D eigenvalue weighted by atomic mass is 32.2. The van der Waals surface area contributed by atoms with Crippen molar-refractivity contribution in [1.82, 2.24) is 5.32 Å². The molecule has 26 heavy (non-hydrogen) atoms. The Hall–Kier alpha value is -2.34. The number of amides is 1. The van der Waals surface area contributed by atoms with Crippen molar-refractivity contribution >= 4 is 21.6 Å². The third-order valence-electron chi connectivity index (χ3n) is 5.24. The number of anilines is 1. The number of fused-ring (bicyclic) bond motifs is 1. The quantitative estimate of drug-likeness (QED) is 0.869. The Kier molecular flexibility index (Phi) is 4.44. The van der Waals surface area contributed by atoms with Gasteiger partial charge in [-0.2, -0.15) is 0 Å². The highest BCUT2D eigenvalue weighted by molar-refractivity contribution is 7.92. The minimum Gasteiger partial charge on any atom is -0.355 e. The Morgan fingerprint density at radius 1 is 0.962 bits per heavy atom. The van der Waals surface area contributed by atoms with Crippen molar-refractivity contribution in [2.75, 3.05) is 11.3 Å². The molecule has 0 unspecified atom stereocenters. The molecule has 0 bridgehead atoms. The molecule has 2 N–H and O–H groups in total. The first-order valence-corrected chi connectivity index (χ1v) is 10.5. The van der Waals surface area contributed by atoms with Crippen molar-refractivity contribution in [3.05, 3.63) is 59.2 Å². The fourth-order valence-corrected chi connectivity index (χ4v) is 4.82. The lowest BCUT2D eigenvalue weighted by atomic mass is 9.91. The molecule has 1 heterocycles. The van der Waals surface area contributed by atoms with E-state index in [2.05, 4.69) is 10.0 Å². The molecule has 2 aromatic rings. The number of carbonyl (C=O) groups excluding carboxylic acids is 1. The van der Waals surface area contributed by atoms with Gasteiger partial charge >= 0.3 is 0 Å². The molecule has 1 fully saturated rings. The van der Waals surface area contributed by atoms with Crippen LogP contribution in [0, 0.1) is 0 Å². The van der Waals surface area contributed by atoms with Gasteiger partial charge in [0.2, 0.25) is 5.91 Å². The zero-order valence-corrected chi connectivity index (χ0v) is 15.3. The van der Waals surface area contributed by atoms with Gasteiger partial charge in [0.15, 0.2) is 0 Å². The van der Waals surface area contributed by atoms with E-state index in [1.807, 2.05) is 18.2 Å². The topological polar surface area (TPSA) is 75.3 Å². The van der Waals surface area contributed by atoms with Crippen LogP contribution < -0.4 is 10.0 Å². The van der Waals surface area contributed by atoms with Gasteiger partial charge < -0.3 is 5.32 Å². The molecule has 136 valence electrons. The average molecular weight is 370 g/mol. The summed E-state index contributed by atoms with van der Waals surface area (Å²) in [6.07, 6.45) is 4.89. The van der Waals surface area contributed by atoms with Gasteiger partial charge in [0.25, 0.3) is 10.0 Å². The molecule has 0 radical (unpaired) electrons. The summed E-state index contributed by atoms with van der Waals surface area (Å²) in [6, 6.07) is 12.6. The smallest absolute Gasteiger partial charge is 0.261 e. The highest BCUT2D eigenvalue weighted by Gasteiger charge is 2.23. The lowest BCUT2D eigenvalue weighted by molar-refractivity contribution is -0.119. The Labute approximate surface area is 153 Å². The molecule has 1 atom stereocenters. The predicted octanol–water partition coefficient (Wildman–Crippen LogP) is 2.97. The largest absolute Gasteiger partial charge is 0.355 e. The summed E-state index contributed by atoms with van der Waals surface area (Å²) in [7, 11) is -3.62. The lowest BCUT2D eigenvalue weighted by Crippen LogP contribution is -2.14. The molecular weight excluding hydrogens is 348 g/mol. The molecule has 6 heteroatoms. The standard InChI is InChI=1S/C20H22N2O3S/c23-20-12-17(13-21-20)15-6-9-19(10-7-15)26(24,25)22-18-8-5-14-3-1-2-4-16(14)11-18/h5-11,17,22H,1-4,12-13H2,(H,21,23)/t17-/m1/s1. The second-order valence-corrected chi connectivity index (χ2v) is 8.75. The van der Waals surface area contributed by atoms with Crippen LogP contribution in [0.25, 0.3) is 0 Å². The van der Waals surface area contributed by atoms with Gasteiger partial charge in [0.1, 0.15) is 0 Å². The molecule has 4 rings (SSSR count). The predicted molar refractivity (Wildman–Crippen MR) is 101 cm³/mol. The van der Waals surface area contributed by atoms with Gasteiger partial charge in [-0.1, -0.05) is 18.2 Å². The van der Waals surface area contributed by atoms with E-state index >= 15 is 0 Å². The molecule has 2 aliphatic rings. The number of aryl methyl sites for hydroxylation is 2. The van der Waals surface area contributed by atoms with Gasteiger partial charge in [-0.15, -0.1) is 0 Å². The second-order valence-electron chi connectivity index (χ2n) is 7.07. The van der Waals surface area contributed by atoms with Crippen LogP contribution in [0.1, 0.15) is 41.9 Å². The van der Waals surface area contributed by atoms with Gasteiger partial charge in [0, 0.05) is 24.6 Å². The third-order valence-corrected chi connectivity index (χ3v) is 6.64. The summed E-state index contributed by atoms with van der Waals surface area (Å²) in [5.41, 5.74) is 4.16.